The molecule has 0 saturated carbocycles. The maximum atomic E-state index is 8.52. The molecule has 5 heteroatoms. The molecule has 0 fully saturated rings. The summed E-state index contributed by atoms with van der Waals surface area (Å²) >= 11 is 0. The van der Waals surface area contributed by atoms with Gasteiger partial charge in [0.25, 0.3) is 0 Å². The van der Waals surface area contributed by atoms with Crippen molar-refractivity contribution in [2.75, 3.05) is 52.4 Å². The van der Waals surface area contributed by atoms with E-state index in [2.05, 4.69) is 16.0 Å². The van der Waals surface area contributed by atoms with Gasteiger partial charge in [0.15, 0.2) is 0 Å². The molecule has 0 unspecified atom stereocenters. The second-order valence-corrected chi connectivity index (χ2v) is 3.12. The predicted molar refractivity (Wildman–Crippen MR) is 59.4 cm³/mol. The third kappa shape index (κ3) is 11.8. The molecule has 0 aliphatic heterocycles. The zero-order valence-electron chi connectivity index (χ0n) is 8.89. The molecule has 0 rings (SSSR count). The Kier molecular flexibility index (Phi) is 12.6. The van der Waals surface area contributed by atoms with Crippen LogP contribution in [0.4, 0.5) is 0 Å². The lowest BCUT2D eigenvalue weighted by Gasteiger charge is -2.06. The fourth-order valence-corrected chi connectivity index (χ4v) is 1.03. The Morgan fingerprint density at radius 3 is 1.79 bits per heavy atom. The van der Waals surface area contributed by atoms with E-state index >= 15 is 0 Å². The number of nitrogens with two attached hydrogens (primary N) is 1. The van der Waals surface area contributed by atoms with Gasteiger partial charge in [-0.05, 0) is 13.0 Å². The largest absolute Gasteiger partial charge is 0.396 e. The van der Waals surface area contributed by atoms with Crippen LogP contribution in [-0.2, 0) is 0 Å². The Labute approximate surface area is 86.4 Å². The van der Waals surface area contributed by atoms with Gasteiger partial charge in [-0.25, -0.2) is 0 Å². The number of aliphatic hydroxyl groups is 1. The first kappa shape index (κ1) is 13.8. The topological polar surface area (TPSA) is 82.3 Å². The summed E-state index contributed by atoms with van der Waals surface area (Å²) in [5.74, 6) is 0. The highest BCUT2D eigenvalue weighted by Crippen LogP contribution is 1.70. The molecule has 0 radical (unpaired) electrons. The highest BCUT2D eigenvalue weighted by Gasteiger charge is 1.88. The summed E-state index contributed by atoms with van der Waals surface area (Å²) in [6.07, 6.45) is 0.831. The van der Waals surface area contributed by atoms with Crippen LogP contribution in [0.1, 0.15) is 6.42 Å². The summed E-state index contributed by atoms with van der Waals surface area (Å²) in [5, 5.41) is 18.2. The summed E-state index contributed by atoms with van der Waals surface area (Å²) in [7, 11) is 0. The minimum absolute atomic E-state index is 0.267. The van der Waals surface area contributed by atoms with Gasteiger partial charge in [-0.15, -0.1) is 0 Å². The molecule has 6 N–H and O–H groups in total. The van der Waals surface area contributed by atoms with Gasteiger partial charge < -0.3 is 26.8 Å². The maximum Gasteiger partial charge on any atom is 0.0443 e. The lowest BCUT2D eigenvalue weighted by atomic mass is 10.4. The molecule has 0 aromatic carbocycles. The van der Waals surface area contributed by atoms with Crippen LogP contribution in [0.5, 0.6) is 0 Å². The SMILES string of the molecule is NCCNCCNCCNCCCO. The number of nitrogens with one attached hydrogen (secondary N) is 3. The molecule has 0 heterocycles. The number of hydrogen-bond donors (Lipinski definition) is 5. The smallest absolute Gasteiger partial charge is 0.0443 e. The summed E-state index contributed by atoms with van der Waals surface area (Å²) in [6.45, 7) is 6.61. The molecular weight excluding hydrogens is 180 g/mol. The Morgan fingerprint density at radius 2 is 1.29 bits per heavy atom. The number of rotatable bonds is 11. The molecule has 0 aliphatic rings. The van der Waals surface area contributed by atoms with Crippen LogP contribution in [0.15, 0.2) is 0 Å². The first-order chi connectivity index (χ1) is 6.91. The summed E-state index contributed by atoms with van der Waals surface area (Å²) in [5.41, 5.74) is 5.32. The van der Waals surface area contributed by atoms with Crippen molar-refractivity contribution < 1.29 is 5.11 Å². The van der Waals surface area contributed by atoms with E-state index in [1.54, 1.807) is 0 Å². The third-order valence-electron chi connectivity index (χ3n) is 1.79. The van der Waals surface area contributed by atoms with Gasteiger partial charge in [-0.2, -0.15) is 0 Å². The van der Waals surface area contributed by atoms with Crippen LogP contribution >= 0.6 is 0 Å². The molecule has 0 aromatic rings. The molecule has 5 nitrogen and oxygen atoms in total. The minimum Gasteiger partial charge on any atom is -0.396 e. The summed E-state index contributed by atoms with van der Waals surface area (Å²) < 4.78 is 0. The first-order valence-corrected chi connectivity index (χ1v) is 5.35. The summed E-state index contributed by atoms with van der Waals surface area (Å²) in [4.78, 5) is 0. The van der Waals surface area contributed by atoms with E-state index in [1.165, 1.54) is 0 Å². The van der Waals surface area contributed by atoms with Crippen LogP contribution in [0.25, 0.3) is 0 Å². The number of hydrogen-bond acceptors (Lipinski definition) is 5. The third-order valence-corrected chi connectivity index (χ3v) is 1.79. The van der Waals surface area contributed by atoms with Crippen LogP contribution in [-0.4, -0.2) is 57.5 Å². The highest BCUT2D eigenvalue weighted by atomic mass is 16.3. The van der Waals surface area contributed by atoms with Gasteiger partial charge in [0.1, 0.15) is 0 Å². The van der Waals surface area contributed by atoms with Gasteiger partial charge >= 0.3 is 0 Å². The van der Waals surface area contributed by atoms with Crippen LogP contribution in [0.3, 0.4) is 0 Å². The molecule has 0 saturated heterocycles. The Morgan fingerprint density at radius 1 is 0.786 bits per heavy atom. The van der Waals surface area contributed by atoms with E-state index in [1.807, 2.05) is 0 Å². The fourth-order valence-electron chi connectivity index (χ4n) is 1.03. The van der Waals surface area contributed by atoms with Gasteiger partial charge in [-0.3, -0.25) is 0 Å². The van der Waals surface area contributed by atoms with E-state index in [-0.39, 0.29) is 6.61 Å². The van der Waals surface area contributed by atoms with Crippen LogP contribution in [0, 0.1) is 0 Å². The van der Waals surface area contributed by atoms with Crippen molar-refractivity contribution in [1.82, 2.24) is 16.0 Å². The zero-order valence-corrected chi connectivity index (χ0v) is 8.89. The molecule has 0 aliphatic carbocycles. The monoisotopic (exact) mass is 204 g/mol. The zero-order chi connectivity index (χ0) is 10.5. The van der Waals surface area contributed by atoms with E-state index in [4.69, 9.17) is 10.8 Å². The Hall–Kier alpha value is -0.200. The molecule has 0 aromatic heterocycles. The van der Waals surface area contributed by atoms with E-state index in [9.17, 15) is 0 Å². The lowest BCUT2D eigenvalue weighted by Crippen LogP contribution is -2.34. The quantitative estimate of drug-likeness (QED) is 0.254. The van der Waals surface area contributed by atoms with Crippen LogP contribution in [0.2, 0.25) is 0 Å². The van der Waals surface area contributed by atoms with Gasteiger partial charge in [-0.1, -0.05) is 0 Å². The molecule has 0 bridgehead atoms. The van der Waals surface area contributed by atoms with Gasteiger partial charge in [0.2, 0.25) is 0 Å². The molecular formula is C9H24N4O. The predicted octanol–water partition coefficient (Wildman–Crippen LogP) is -1.90. The molecule has 0 atom stereocenters. The fraction of sp³-hybridized carbons (Fsp3) is 1.00. The molecule has 86 valence electrons. The van der Waals surface area contributed by atoms with Crippen molar-refractivity contribution in [2.45, 2.75) is 6.42 Å². The summed E-state index contributed by atoms with van der Waals surface area (Å²) in [6, 6.07) is 0. The van der Waals surface area contributed by atoms with Crippen molar-refractivity contribution >= 4 is 0 Å². The van der Waals surface area contributed by atoms with Crippen molar-refractivity contribution in [3.05, 3.63) is 0 Å². The second-order valence-electron chi connectivity index (χ2n) is 3.12. The van der Waals surface area contributed by atoms with Gasteiger partial charge in [0, 0.05) is 45.9 Å². The van der Waals surface area contributed by atoms with E-state index in [0.29, 0.717) is 6.54 Å². The minimum atomic E-state index is 0.267. The second kappa shape index (κ2) is 12.8. The van der Waals surface area contributed by atoms with Crippen molar-refractivity contribution in [2.24, 2.45) is 5.73 Å². The normalized spacial score (nSPS) is 10.7. The Bertz CT molecular complexity index is 90.8. The maximum absolute atomic E-state index is 8.52. The van der Waals surface area contributed by atoms with Crippen LogP contribution < -0.4 is 21.7 Å². The van der Waals surface area contributed by atoms with Crippen molar-refractivity contribution in [3.8, 4) is 0 Å². The lowest BCUT2D eigenvalue weighted by molar-refractivity contribution is 0.286. The van der Waals surface area contributed by atoms with Crippen molar-refractivity contribution in [3.63, 3.8) is 0 Å². The number of aliphatic hydroxyl groups excluding tert-OH is 1. The molecule has 0 spiro atoms. The standard InChI is InChI=1S/C9H24N4O/c10-2-4-12-6-8-13-7-5-11-3-1-9-14/h11-14H,1-10H2. The van der Waals surface area contributed by atoms with Crippen molar-refractivity contribution in [1.29, 1.82) is 0 Å². The highest BCUT2D eigenvalue weighted by molar-refractivity contribution is 4.54. The first-order valence-electron chi connectivity index (χ1n) is 5.35. The average molecular weight is 204 g/mol. The van der Waals surface area contributed by atoms with E-state index < -0.39 is 0 Å². The van der Waals surface area contributed by atoms with Gasteiger partial charge in [0.05, 0.1) is 0 Å². The average Bonchev–Trinajstić information content (AvgIpc) is 2.21. The Balaban J connectivity index is 2.78. The molecule has 0 amide bonds. The van der Waals surface area contributed by atoms with E-state index in [0.717, 1.165) is 45.7 Å². The molecule has 14 heavy (non-hydrogen) atoms.